The first kappa shape index (κ1) is 42.2. The molecule has 47 heavy (non-hydrogen) atoms. The van der Waals surface area contributed by atoms with Crippen LogP contribution in [0.2, 0.25) is 0 Å². The van der Waals surface area contributed by atoms with Gasteiger partial charge in [0.05, 0.1) is 26.4 Å². The number of hydrogen-bond donors (Lipinski definition) is 7. The molecular weight excluding hydrogens is 620 g/mol. The summed E-state index contributed by atoms with van der Waals surface area (Å²) in [6.07, 6.45) is -1.36. The second-order valence-corrected chi connectivity index (χ2v) is 12.7. The van der Waals surface area contributed by atoms with Crippen molar-refractivity contribution in [2.75, 3.05) is 33.0 Å². The summed E-state index contributed by atoms with van der Waals surface area (Å²) in [7, 11) is 0. The fraction of sp³-hybridized carbons (Fsp3) is 0.970. The molecule has 11 unspecified atom stereocenters. The number of aliphatic hydroxyl groups excluding tert-OH is 7. The van der Waals surface area contributed by atoms with Gasteiger partial charge < -0.3 is 64.2 Å². The number of rotatable bonds is 25. The third-order valence-corrected chi connectivity index (χ3v) is 8.62. The van der Waals surface area contributed by atoms with Crippen molar-refractivity contribution in [1.82, 2.24) is 0 Å². The molecule has 0 bridgehead atoms. The largest absolute Gasteiger partial charge is 0.457 e. The highest BCUT2D eigenvalue weighted by atomic mass is 16.7. The molecule has 7 N–H and O–H groups in total. The molecular formula is C33H62O14. The van der Waals surface area contributed by atoms with Crippen LogP contribution in [0.1, 0.15) is 104 Å². The first-order chi connectivity index (χ1) is 22.6. The highest BCUT2D eigenvalue weighted by molar-refractivity contribution is 5.69. The molecule has 0 aromatic rings. The second kappa shape index (κ2) is 24.2. The molecule has 278 valence electrons. The Labute approximate surface area is 279 Å². The minimum absolute atomic E-state index is 0.0641. The van der Waals surface area contributed by atoms with Gasteiger partial charge in [-0.05, 0) is 12.8 Å². The lowest BCUT2D eigenvalue weighted by molar-refractivity contribution is -0.332. The van der Waals surface area contributed by atoms with Crippen molar-refractivity contribution in [2.45, 2.75) is 171 Å². The molecule has 0 amide bonds. The number of carbonyl (C=O) groups excluding carboxylic acids is 1. The molecule has 14 nitrogen and oxygen atoms in total. The highest BCUT2D eigenvalue weighted by Gasteiger charge is 2.47. The topological polar surface area (TPSA) is 214 Å². The summed E-state index contributed by atoms with van der Waals surface area (Å²) in [5.41, 5.74) is 0. The van der Waals surface area contributed by atoms with E-state index in [0.29, 0.717) is 13.0 Å². The van der Waals surface area contributed by atoms with Crippen molar-refractivity contribution in [3.05, 3.63) is 0 Å². The molecule has 0 aliphatic carbocycles. The van der Waals surface area contributed by atoms with Crippen molar-refractivity contribution < 1.29 is 69.0 Å². The van der Waals surface area contributed by atoms with E-state index in [4.69, 9.17) is 28.4 Å². The Morgan fingerprint density at radius 1 is 0.617 bits per heavy atom. The lowest BCUT2D eigenvalue weighted by Gasteiger charge is -2.42. The van der Waals surface area contributed by atoms with Crippen LogP contribution in [-0.2, 0) is 33.2 Å². The van der Waals surface area contributed by atoms with Gasteiger partial charge in [-0.25, -0.2) is 0 Å². The summed E-state index contributed by atoms with van der Waals surface area (Å²) in [5, 5.41) is 71.1. The van der Waals surface area contributed by atoms with Crippen LogP contribution in [0.15, 0.2) is 0 Å². The Kier molecular flexibility index (Phi) is 21.7. The normalized spacial score (nSPS) is 31.9. The van der Waals surface area contributed by atoms with Crippen molar-refractivity contribution in [2.24, 2.45) is 0 Å². The molecule has 2 fully saturated rings. The molecule has 0 aromatic carbocycles. The summed E-state index contributed by atoms with van der Waals surface area (Å²) in [5.74, 6) is -0.402. The van der Waals surface area contributed by atoms with E-state index < -0.39 is 86.7 Å². The molecule has 2 heterocycles. The van der Waals surface area contributed by atoms with Crippen molar-refractivity contribution in [1.29, 1.82) is 0 Å². The number of carbonyl (C=O) groups is 1. The van der Waals surface area contributed by atoms with Crippen LogP contribution >= 0.6 is 0 Å². The lowest BCUT2D eigenvalue weighted by Crippen LogP contribution is -2.61. The second-order valence-electron chi connectivity index (χ2n) is 12.7. The average molecular weight is 683 g/mol. The standard InChI is InChI=1S/C33H62O14/c1-3-5-7-8-9-10-11-12-13-15-17-42-19-22(45-25(35)16-14-6-4-2)20-43-32-31(41)29(39)27(37)24(47-32)21-44-33-30(40)28(38)26(36)23(18-34)46-33/h22-24,26-34,36-41H,3-21H2,1-2H3. The van der Waals surface area contributed by atoms with Gasteiger partial charge in [0.1, 0.15) is 54.9 Å². The number of hydrogen-bond acceptors (Lipinski definition) is 14. The van der Waals surface area contributed by atoms with Gasteiger partial charge in [0.25, 0.3) is 0 Å². The van der Waals surface area contributed by atoms with E-state index in [0.717, 1.165) is 32.1 Å². The fourth-order valence-electron chi connectivity index (χ4n) is 5.58. The minimum Gasteiger partial charge on any atom is -0.457 e. The van der Waals surface area contributed by atoms with Crippen LogP contribution in [0.25, 0.3) is 0 Å². The average Bonchev–Trinajstić information content (AvgIpc) is 3.06. The summed E-state index contributed by atoms with van der Waals surface area (Å²) in [6, 6.07) is 0. The molecule has 11 atom stereocenters. The predicted octanol–water partition coefficient (Wildman–Crippen LogP) is 1.06. The van der Waals surface area contributed by atoms with Gasteiger partial charge in [-0.1, -0.05) is 84.5 Å². The zero-order valence-electron chi connectivity index (χ0n) is 28.3. The van der Waals surface area contributed by atoms with Crippen LogP contribution in [0, 0.1) is 0 Å². The van der Waals surface area contributed by atoms with Crippen LogP contribution in [0.3, 0.4) is 0 Å². The summed E-state index contributed by atoms with van der Waals surface area (Å²) in [4.78, 5) is 12.5. The maximum Gasteiger partial charge on any atom is 0.306 e. The Hall–Kier alpha value is -1.01. The van der Waals surface area contributed by atoms with Gasteiger partial charge in [0.15, 0.2) is 12.6 Å². The molecule has 2 aliphatic heterocycles. The van der Waals surface area contributed by atoms with Gasteiger partial charge in [0.2, 0.25) is 0 Å². The Bertz CT molecular complexity index is 803. The third kappa shape index (κ3) is 15.2. The maximum atomic E-state index is 12.5. The van der Waals surface area contributed by atoms with Crippen LogP contribution in [-0.4, -0.2) is 142 Å². The minimum atomic E-state index is -1.69. The van der Waals surface area contributed by atoms with Crippen LogP contribution in [0.5, 0.6) is 0 Å². The van der Waals surface area contributed by atoms with E-state index in [1.165, 1.54) is 44.9 Å². The number of unbranched alkanes of at least 4 members (excludes halogenated alkanes) is 11. The number of esters is 1. The molecule has 0 saturated carbocycles. The molecule has 2 saturated heterocycles. The van der Waals surface area contributed by atoms with E-state index in [1.54, 1.807) is 0 Å². The van der Waals surface area contributed by atoms with E-state index in [-0.39, 0.29) is 19.6 Å². The SMILES string of the molecule is CCCCCCCCCCCCOCC(COC1OC(COC2OC(CO)C(O)C(O)C2O)C(O)C(O)C1O)OC(=O)CCCCC. The molecule has 2 rings (SSSR count). The smallest absolute Gasteiger partial charge is 0.306 e. The van der Waals surface area contributed by atoms with Gasteiger partial charge in [-0.2, -0.15) is 0 Å². The lowest BCUT2D eigenvalue weighted by atomic mass is 9.98. The highest BCUT2D eigenvalue weighted by Crippen LogP contribution is 2.26. The Balaban J connectivity index is 1.85. The first-order valence-electron chi connectivity index (χ1n) is 17.6. The van der Waals surface area contributed by atoms with E-state index in [9.17, 15) is 40.5 Å². The van der Waals surface area contributed by atoms with Gasteiger partial charge in [0, 0.05) is 13.0 Å². The number of aliphatic hydroxyl groups is 7. The third-order valence-electron chi connectivity index (χ3n) is 8.62. The van der Waals surface area contributed by atoms with Gasteiger partial charge in [-0.3, -0.25) is 4.79 Å². The zero-order chi connectivity index (χ0) is 34.6. The predicted molar refractivity (Wildman–Crippen MR) is 169 cm³/mol. The van der Waals surface area contributed by atoms with Crippen molar-refractivity contribution >= 4 is 5.97 Å². The molecule has 2 aliphatic rings. The first-order valence-corrected chi connectivity index (χ1v) is 17.6. The summed E-state index contributed by atoms with van der Waals surface area (Å²) >= 11 is 0. The van der Waals surface area contributed by atoms with Crippen LogP contribution < -0.4 is 0 Å². The molecule has 0 spiro atoms. The number of ether oxygens (including phenoxy) is 6. The Morgan fingerprint density at radius 2 is 1.13 bits per heavy atom. The maximum absolute atomic E-state index is 12.5. The van der Waals surface area contributed by atoms with Gasteiger partial charge in [-0.15, -0.1) is 0 Å². The van der Waals surface area contributed by atoms with Crippen molar-refractivity contribution in [3.63, 3.8) is 0 Å². The van der Waals surface area contributed by atoms with Crippen molar-refractivity contribution in [3.8, 4) is 0 Å². The molecule has 14 heteroatoms. The van der Waals surface area contributed by atoms with E-state index >= 15 is 0 Å². The summed E-state index contributed by atoms with van der Waals surface area (Å²) in [6.45, 7) is 3.45. The fourth-order valence-corrected chi connectivity index (χ4v) is 5.58. The van der Waals surface area contributed by atoms with E-state index in [2.05, 4.69) is 6.92 Å². The molecule has 0 radical (unpaired) electrons. The monoisotopic (exact) mass is 682 g/mol. The van der Waals surface area contributed by atoms with E-state index in [1.807, 2.05) is 6.92 Å². The summed E-state index contributed by atoms with van der Waals surface area (Å²) < 4.78 is 33.6. The zero-order valence-corrected chi connectivity index (χ0v) is 28.3. The molecule has 0 aromatic heterocycles. The quantitative estimate of drug-likeness (QED) is 0.0530. The van der Waals surface area contributed by atoms with Gasteiger partial charge >= 0.3 is 5.97 Å². The van der Waals surface area contributed by atoms with Crippen LogP contribution in [0.4, 0.5) is 0 Å². The Morgan fingerprint density at radius 3 is 1.72 bits per heavy atom.